The van der Waals surface area contributed by atoms with Crippen LogP contribution in [0.2, 0.25) is 0 Å². The number of nitrogens with one attached hydrogen (secondary N) is 1. The highest BCUT2D eigenvalue weighted by molar-refractivity contribution is 7.17. The van der Waals surface area contributed by atoms with Crippen molar-refractivity contribution in [3.8, 4) is 0 Å². The van der Waals surface area contributed by atoms with E-state index < -0.39 is 23.4 Å². The van der Waals surface area contributed by atoms with Gasteiger partial charge in [-0.3, -0.25) is 9.59 Å². The average molecular weight is 383 g/mol. The first kappa shape index (κ1) is 17.4. The summed E-state index contributed by atoms with van der Waals surface area (Å²) < 4.78 is 38.7. The maximum absolute atomic E-state index is 12.7. The van der Waals surface area contributed by atoms with Crippen LogP contribution in [0.15, 0.2) is 17.6 Å². The lowest BCUT2D eigenvalue weighted by atomic mass is 9.97. The summed E-state index contributed by atoms with van der Waals surface area (Å²) in [6, 6.07) is 1.29. The summed E-state index contributed by atoms with van der Waals surface area (Å²) in [7, 11) is 0. The third-order valence-electron chi connectivity index (χ3n) is 5.00. The van der Waals surface area contributed by atoms with Gasteiger partial charge in [-0.2, -0.15) is 13.2 Å². The average Bonchev–Trinajstić information content (AvgIpc) is 3.15. The number of pyridine rings is 1. The third kappa shape index (κ3) is 3.21. The van der Waals surface area contributed by atoms with E-state index in [0.29, 0.717) is 10.6 Å². The van der Waals surface area contributed by atoms with E-state index in [1.165, 1.54) is 12.3 Å². The molecule has 2 aliphatic rings. The predicted molar refractivity (Wildman–Crippen MR) is 90.4 cm³/mol. The highest BCUT2D eigenvalue weighted by Crippen LogP contribution is 2.31. The van der Waals surface area contributed by atoms with Gasteiger partial charge in [0.2, 0.25) is 0 Å². The summed E-state index contributed by atoms with van der Waals surface area (Å²) >= 11 is 1.00. The van der Waals surface area contributed by atoms with E-state index in [2.05, 4.69) is 15.2 Å². The van der Waals surface area contributed by atoms with Crippen LogP contribution in [0.3, 0.4) is 0 Å². The summed E-state index contributed by atoms with van der Waals surface area (Å²) in [5.74, 6) is -1.74. The summed E-state index contributed by atoms with van der Waals surface area (Å²) in [5, 5.41) is 4.20. The number of hydrogen-bond donors (Lipinski definition) is 1. The van der Waals surface area contributed by atoms with Gasteiger partial charge in [0, 0.05) is 41.7 Å². The van der Waals surface area contributed by atoms with Crippen LogP contribution in [0.25, 0.3) is 10.1 Å². The van der Waals surface area contributed by atoms with Gasteiger partial charge in [-0.05, 0) is 31.4 Å². The number of ketones is 1. The van der Waals surface area contributed by atoms with Crippen LogP contribution in [-0.4, -0.2) is 53.4 Å². The summed E-state index contributed by atoms with van der Waals surface area (Å²) in [6.07, 6.45) is -1.57. The molecule has 1 N–H and O–H groups in total. The number of Topliss-reactive ketones (excluding diaryl/α,β-unsaturated/α-hetero) is 1. The lowest BCUT2D eigenvalue weighted by Crippen LogP contribution is -2.47. The molecule has 0 radical (unpaired) electrons. The number of halogens is 3. The molecule has 138 valence electrons. The maximum Gasteiger partial charge on any atom is 0.454 e. The number of thiophene rings is 1. The monoisotopic (exact) mass is 383 g/mol. The van der Waals surface area contributed by atoms with Crippen LogP contribution in [0.5, 0.6) is 0 Å². The normalized spacial score (nSPS) is 25.4. The van der Waals surface area contributed by atoms with Crippen molar-refractivity contribution in [2.45, 2.75) is 25.1 Å². The number of piperidine rings is 1. The molecule has 2 bridgehead atoms. The molecule has 2 saturated heterocycles. The number of carbonyl (C=O) groups is 2. The Kier molecular flexibility index (Phi) is 4.23. The van der Waals surface area contributed by atoms with Gasteiger partial charge in [-0.1, -0.05) is 0 Å². The van der Waals surface area contributed by atoms with Gasteiger partial charge in [0.15, 0.2) is 0 Å². The Balaban J connectivity index is 1.56. The van der Waals surface area contributed by atoms with Crippen LogP contribution >= 0.6 is 11.3 Å². The SMILES string of the molecule is O=C(N[C@@H]1C[C@H]2CCN(C2)C1)c1cc2c(C(=O)C(F)(F)F)csc2cn1. The largest absolute Gasteiger partial charge is 0.454 e. The molecular formula is C17H16F3N3O2S. The smallest absolute Gasteiger partial charge is 0.347 e. The minimum absolute atomic E-state index is 0.0139. The zero-order valence-electron chi connectivity index (χ0n) is 13.7. The molecule has 0 spiro atoms. The van der Waals surface area contributed by atoms with Crippen LogP contribution in [0, 0.1) is 5.92 Å². The molecule has 0 aliphatic carbocycles. The van der Waals surface area contributed by atoms with Gasteiger partial charge in [0.05, 0.1) is 4.70 Å². The molecule has 5 nitrogen and oxygen atoms in total. The van der Waals surface area contributed by atoms with E-state index in [0.717, 1.165) is 49.2 Å². The molecule has 9 heteroatoms. The molecule has 1 amide bonds. The Bertz CT molecular complexity index is 868. The van der Waals surface area contributed by atoms with Gasteiger partial charge in [0.1, 0.15) is 5.69 Å². The number of carbonyl (C=O) groups excluding carboxylic acids is 2. The molecule has 4 heterocycles. The number of alkyl halides is 3. The third-order valence-corrected chi connectivity index (χ3v) is 5.93. The van der Waals surface area contributed by atoms with Crippen LogP contribution in [0.1, 0.15) is 33.7 Å². The number of fused-ring (bicyclic) bond motifs is 3. The predicted octanol–water partition coefficient (Wildman–Crippen LogP) is 2.87. The van der Waals surface area contributed by atoms with E-state index >= 15 is 0 Å². The fraction of sp³-hybridized carbons (Fsp3) is 0.471. The number of aromatic nitrogens is 1. The van der Waals surface area contributed by atoms with E-state index in [-0.39, 0.29) is 17.1 Å². The number of nitrogens with zero attached hydrogens (tertiary/aromatic N) is 2. The van der Waals surface area contributed by atoms with Crippen molar-refractivity contribution >= 4 is 33.1 Å². The molecule has 0 aromatic carbocycles. The van der Waals surface area contributed by atoms with Crippen molar-refractivity contribution in [1.82, 2.24) is 15.2 Å². The second-order valence-electron chi connectivity index (χ2n) is 6.86. The zero-order chi connectivity index (χ0) is 18.5. The topological polar surface area (TPSA) is 62.3 Å². The van der Waals surface area contributed by atoms with Crippen LogP contribution < -0.4 is 5.32 Å². The van der Waals surface area contributed by atoms with Crippen molar-refractivity contribution in [2.24, 2.45) is 5.92 Å². The Morgan fingerprint density at radius 1 is 1.31 bits per heavy atom. The van der Waals surface area contributed by atoms with Gasteiger partial charge in [-0.15, -0.1) is 11.3 Å². The molecule has 2 aliphatic heterocycles. The Morgan fingerprint density at radius 2 is 2.12 bits per heavy atom. The van der Waals surface area contributed by atoms with Gasteiger partial charge in [0.25, 0.3) is 11.7 Å². The quantitative estimate of drug-likeness (QED) is 0.828. The Morgan fingerprint density at radius 3 is 2.85 bits per heavy atom. The molecule has 3 atom stereocenters. The lowest BCUT2D eigenvalue weighted by molar-refractivity contribution is -0.0883. The first-order chi connectivity index (χ1) is 12.3. The second-order valence-corrected chi connectivity index (χ2v) is 7.77. The molecule has 26 heavy (non-hydrogen) atoms. The summed E-state index contributed by atoms with van der Waals surface area (Å²) in [5.41, 5.74) is -0.407. The molecule has 2 fully saturated rings. The highest BCUT2D eigenvalue weighted by Gasteiger charge is 2.40. The number of rotatable bonds is 3. The van der Waals surface area contributed by atoms with Crippen LogP contribution in [-0.2, 0) is 0 Å². The van der Waals surface area contributed by atoms with Crippen molar-refractivity contribution < 1.29 is 22.8 Å². The molecular weight excluding hydrogens is 367 g/mol. The van der Waals surface area contributed by atoms with Crippen molar-refractivity contribution in [3.63, 3.8) is 0 Å². The van der Waals surface area contributed by atoms with E-state index in [9.17, 15) is 22.8 Å². The van der Waals surface area contributed by atoms with Gasteiger partial charge < -0.3 is 10.2 Å². The van der Waals surface area contributed by atoms with E-state index in [4.69, 9.17) is 0 Å². The second kappa shape index (κ2) is 6.31. The number of hydrogen-bond acceptors (Lipinski definition) is 5. The van der Waals surface area contributed by atoms with Crippen molar-refractivity contribution in [2.75, 3.05) is 19.6 Å². The molecule has 2 aromatic heterocycles. The lowest BCUT2D eigenvalue weighted by Gasteiger charge is -2.30. The zero-order valence-corrected chi connectivity index (χ0v) is 14.5. The van der Waals surface area contributed by atoms with Crippen molar-refractivity contribution in [3.05, 3.63) is 28.9 Å². The maximum atomic E-state index is 12.7. The first-order valence-electron chi connectivity index (χ1n) is 8.33. The fourth-order valence-electron chi connectivity index (χ4n) is 3.81. The molecule has 2 aromatic rings. The van der Waals surface area contributed by atoms with Gasteiger partial charge in [-0.25, -0.2) is 4.98 Å². The first-order valence-corrected chi connectivity index (χ1v) is 9.21. The minimum Gasteiger partial charge on any atom is -0.347 e. The summed E-state index contributed by atoms with van der Waals surface area (Å²) in [4.78, 5) is 30.4. The van der Waals surface area contributed by atoms with E-state index in [1.807, 2.05) is 0 Å². The Hall–Kier alpha value is -2.00. The molecule has 1 unspecified atom stereocenters. The number of amides is 1. The Labute approximate surface area is 151 Å². The van der Waals surface area contributed by atoms with Gasteiger partial charge >= 0.3 is 6.18 Å². The highest BCUT2D eigenvalue weighted by atomic mass is 32.1. The standard InChI is InChI=1S/C17H16F3N3O2S/c18-17(19,20)15(24)12-8-26-14-5-21-13(4-11(12)14)16(25)22-10-3-9-1-2-23(6-9)7-10/h4-5,8-10H,1-3,6-7H2,(H,22,25)/t9-,10-/m1/s1. The molecule has 0 saturated carbocycles. The van der Waals surface area contributed by atoms with E-state index in [1.54, 1.807) is 0 Å². The fourth-order valence-corrected chi connectivity index (χ4v) is 4.70. The van der Waals surface area contributed by atoms with Crippen molar-refractivity contribution in [1.29, 1.82) is 0 Å². The minimum atomic E-state index is -4.95. The molecule has 4 rings (SSSR count). The van der Waals surface area contributed by atoms with Crippen LogP contribution in [0.4, 0.5) is 13.2 Å². The summed E-state index contributed by atoms with van der Waals surface area (Å²) in [6.45, 7) is 2.88.